The number of fused-ring (bicyclic) bond motifs is 1. The number of hydrazone groups is 1. The summed E-state index contributed by atoms with van der Waals surface area (Å²) in [4.78, 5) is 21.9. The summed E-state index contributed by atoms with van der Waals surface area (Å²) < 4.78 is 0. The number of aromatic nitrogens is 2. The van der Waals surface area contributed by atoms with Crippen LogP contribution in [0.3, 0.4) is 0 Å². The summed E-state index contributed by atoms with van der Waals surface area (Å²) in [5, 5.41) is 14.4. The van der Waals surface area contributed by atoms with Crippen LogP contribution in [-0.4, -0.2) is 26.7 Å². The number of nitrogens with one attached hydrogen (secondary N) is 1. The van der Waals surface area contributed by atoms with Gasteiger partial charge in [-0.05, 0) is 61.0 Å². The highest BCUT2D eigenvalue weighted by molar-refractivity contribution is 6.08. The second-order valence-corrected chi connectivity index (χ2v) is 6.47. The number of rotatable bonds is 4. The number of hydrogen-bond donors (Lipinski definition) is 2. The van der Waals surface area contributed by atoms with Gasteiger partial charge in [0.15, 0.2) is 0 Å². The Hall–Kier alpha value is -4.06. The lowest BCUT2D eigenvalue weighted by Gasteiger charge is -2.09. The minimum atomic E-state index is -0.334. The molecule has 4 rings (SSSR count). The number of phenolic OH excluding ortho intramolecular Hbond substituents is 1. The molecule has 0 atom stereocenters. The summed E-state index contributed by atoms with van der Waals surface area (Å²) in [6.45, 7) is 1.79. The van der Waals surface area contributed by atoms with Crippen LogP contribution in [0.15, 0.2) is 84.1 Å². The van der Waals surface area contributed by atoms with Crippen LogP contribution in [0.25, 0.3) is 22.3 Å². The first kappa shape index (κ1) is 18.3. The zero-order valence-corrected chi connectivity index (χ0v) is 15.7. The summed E-state index contributed by atoms with van der Waals surface area (Å²) in [7, 11) is 0. The molecule has 29 heavy (non-hydrogen) atoms. The van der Waals surface area contributed by atoms with Gasteiger partial charge in [0.05, 0.1) is 28.2 Å². The van der Waals surface area contributed by atoms with Crippen LogP contribution in [0.1, 0.15) is 22.8 Å². The average Bonchev–Trinajstić information content (AvgIpc) is 2.77. The Morgan fingerprint density at radius 2 is 1.72 bits per heavy atom. The molecule has 2 aromatic heterocycles. The Morgan fingerprint density at radius 3 is 2.48 bits per heavy atom. The lowest BCUT2D eigenvalue weighted by molar-refractivity contribution is 0.0956. The standard InChI is InChI=1S/C23H18N4O2/c1-15(16-9-11-17(28)12-10-16)26-27-23(29)19-14-22(21-8-4-5-13-24-21)25-20-7-3-2-6-18(19)20/h2-14,28H,1H3,(H,27,29)/b26-15+. The maximum Gasteiger partial charge on any atom is 0.272 e. The van der Waals surface area contributed by atoms with Crippen molar-refractivity contribution in [1.29, 1.82) is 0 Å². The summed E-state index contributed by atoms with van der Waals surface area (Å²) in [5.41, 5.74) is 6.54. The van der Waals surface area contributed by atoms with E-state index in [1.54, 1.807) is 43.5 Å². The van der Waals surface area contributed by atoms with E-state index in [0.717, 1.165) is 10.9 Å². The molecule has 0 saturated carbocycles. The van der Waals surface area contributed by atoms with Gasteiger partial charge in [-0.1, -0.05) is 24.3 Å². The van der Waals surface area contributed by atoms with Crippen molar-refractivity contribution in [3.63, 3.8) is 0 Å². The Morgan fingerprint density at radius 1 is 0.966 bits per heavy atom. The van der Waals surface area contributed by atoms with E-state index in [1.165, 1.54) is 0 Å². The second kappa shape index (κ2) is 7.90. The van der Waals surface area contributed by atoms with E-state index in [2.05, 4.69) is 20.5 Å². The number of aromatic hydroxyl groups is 1. The molecule has 1 amide bonds. The van der Waals surface area contributed by atoms with Gasteiger partial charge in [0.2, 0.25) is 0 Å². The molecule has 0 aliphatic heterocycles. The molecule has 0 aliphatic carbocycles. The first-order chi connectivity index (χ1) is 14.1. The van der Waals surface area contributed by atoms with Crippen LogP contribution < -0.4 is 5.43 Å². The minimum Gasteiger partial charge on any atom is -0.508 e. The van der Waals surface area contributed by atoms with Crippen molar-refractivity contribution in [1.82, 2.24) is 15.4 Å². The molecule has 0 saturated heterocycles. The fraction of sp³-hybridized carbons (Fsp3) is 0.0435. The van der Waals surface area contributed by atoms with E-state index in [9.17, 15) is 9.90 Å². The molecular weight excluding hydrogens is 364 g/mol. The number of carbonyl (C=O) groups excluding carboxylic acids is 1. The SMILES string of the molecule is C/C(=N\NC(=O)c1cc(-c2ccccn2)nc2ccccc12)c1ccc(O)cc1. The number of hydrogen-bond acceptors (Lipinski definition) is 5. The lowest BCUT2D eigenvalue weighted by Crippen LogP contribution is -2.20. The van der Waals surface area contributed by atoms with Crippen LogP contribution in [-0.2, 0) is 0 Å². The molecule has 0 spiro atoms. The first-order valence-corrected chi connectivity index (χ1v) is 9.07. The number of para-hydroxylation sites is 1. The number of nitrogens with zero attached hydrogens (tertiary/aromatic N) is 3. The van der Waals surface area contributed by atoms with Crippen LogP contribution in [0.2, 0.25) is 0 Å². The van der Waals surface area contributed by atoms with Gasteiger partial charge in [0.1, 0.15) is 5.75 Å². The number of amides is 1. The predicted molar refractivity (Wildman–Crippen MR) is 113 cm³/mol. The van der Waals surface area contributed by atoms with Crippen molar-refractivity contribution < 1.29 is 9.90 Å². The molecule has 0 aliphatic rings. The second-order valence-electron chi connectivity index (χ2n) is 6.47. The Bertz CT molecular complexity index is 1200. The van der Waals surface area contributed by atoms with E-state index in [-0.39, 0.29) is 11.7 Å². The van der Waals surface area contributed by atoms with Crippen LogP contribution in [0.4, 0.5) is 0 Å². The van der Waals surface area contributed by atoms with Gasteiger partial charge in [-0.15, -0.1) is 0 Å². The number of phenols is 1. The summed E-state index contributed by atoms with van der Waals surface area (Å²) in [5.74, 6) is -0.158. The first-order valence-electron chi connectivity index (χ1n) is 9.07. The molecular formula is C23H18N4O2. The highest BCUT2D eigenvalue weighted by Crippen LogP contribution is 2.23. The number of carbonyl (C=O) groups is 1. The molecule has 2 aromatic carbocycles. The largest absolute Gasteiger partial charge is 0.508 e. The zero-order chi connectivity index (χ0) is 20.2. The molecule has 6 heteroatoms. The molecule has 0 radical (unpaired) electrons. The fourth-order valence-electron chi connectivity index (χ4n) is 2.97. The van der Waals surface area contributed by atoms with Gasteiger partial charge < -0.3 is 5.11 Å². The third kappa shape index (κ3) is 3.96. The van der Waals surface area contributed by atoms with Gasteiger partial charge in [-0.3, -0.25) is 9.78 Å². The lowest BCUT2D eigenvalue weighted by atomic mass is 10.1. The van der Waals surface area contributed by atoms with Crippen molar-refractivity contribution in [3.05, 3.63) is 90.1 Å². The molecule has 2 N–H and O–H groups in total. The van der Waals surface area contributed by atoms with E-state index in [0.29, 0.717) is 28.2 Å². The monoisotopic (exact) mass is 382 g/mol. The van der Waals surface area contributed by atoms with E-state index < -0.39 is 0 Å². The third-order valence-electron chi connectivity index (χ3n) is 4.50. The van der Waals surface area contributed by atoms with E-state index in [4.69, 9.17) is 0 Å². The predicted octanol–water partition coefficient (Wildman–Crippen LogP) is 4.16. The Labute approximate surface area is 167 Å². The summed E-state index contributed by atoms with van der Waals surface area (Å²) in [6.07, 6.45) is 1.69. The molecule has 0 bridgehead atoms. The van der Waals surface area contributed by atoms with Crippen molar-refractivity contribution in [2.75, 3.05) is 0 Å². The maximum atomic E-state index is 12.9. The fourth-order valence-corrected chi connectivity index (χ4v) is 2.97. The van der Waals surface area contributed by atoms with Crippen molar-refractivity contribution in [2.24, 2.45) is 5.10 Å². The third-order valence-corrected chi connectivity index (χ3v) is 4.50. The van der Waals surface area contributed by atoms with Crippen molar-refractivity contribution in [3.8, 4) is 17.1 Å². The molecule has 0 fully saturated rings. The Kier molecular flexibility index (Phi) is 4.99. The summed E-state index contributed by atoms with van der Waals surface area (Å²) in [6, 6.07) is 21.4. The van der Waals surface area contributed by atoms with Gasteiger partial charge in [0.25, 0.3) is 5.91 Å². The highest BCUT2D eigenvalue weighted by atomic mass is 16.3. The van der Waals surface area contributed by atoms with Crippen molar-refractivity contribution >= 4 is 22.5 Å². The smallest absolute Gasteiger partial charge is 0.272 e. The van der Waals surface area contributed by atoms with Gasteiger partial charge in [-0.2, -0.15) is 5.10 Å². The van der Waals surface area contributed by atoms with E-state index >= 15 is 0 Å². The van der Waals surface area contributed by atoms with Crippen LogP contribution >= 0.6 is 0 Å². The number of pyridine rings is 2. The highest BCUT2D eigenvalue weighted by Gasteiger charge is 2.14. The van der Waals surface area contributed by atoms with E-state index in [1.807, 2.05) is 42.5 Å². The molecule has 142 valence electrons. The van der Waals surface area contributed by atoms with Crippen molar-refractivity contribution in [2.45, 2.75) is 6.92 Å². The minimum absolute atomic E-state index is 0.177. The topological polar surface area (TPSA) is 87.5 Å². The maximum absolute atomic E-state index is 12.9. The van der Waals surface area contributed by atoms with Gasteiger partial charge in [-0.25, -0.2) is 10.4 Å². The van der Waals surface area contributed by atoms with Gasteiger partial charge in [0, 0.05) is 11.6 Å². The molecule has 2 heterocycles. The Balaban J connectivity index is 1.69. The van der Waals surface area contributed by atoms with Crippen LogP contribution in [0.5, 0.6) is 5.75 Å². The quantitative estimate of drug-likeness (QED) is 0.410. The molecule has 6 nitrogen and oxygen atoms in total. The van der Waals surface area contributed by atoms with Crippen LogP contribution in [0, 0.1) is 0 Å². The van der Waals surface area contributed by atoms with Gasteiger partial charge >= 0.3 is 0 Å². The summed E-state index contributed by atoms with van der Waals surface area (Å²) >= 11 is 0. The number of benzene rings is 2. The zero-order valence-electron chi connectivity index (χ0n) is 15.7. The normalized spacial score (nSPS) is 11.4. The molecule has 4 aromatic rings. The average molecular weight is 382 g/mol. The molecule has 0 unspecified atom stereocenters.